The first-order chi connectivity index (χ1) is 14.5. The lowest BCUT2D eigenvalue weighted by Crippen LogP contribution is -2.58. The smallest absolute Gasteiger partial charge is 0.243 e. The van der Waals surface area contributed by atoms with E-state index in [1.165, 1.54) is 0 Å². The van der Waals surface area contributed by atoms with Crippen LogP contribution in [-0.2, 0) is 19.2 Å². The molecule has 0 radical (unpaired) electrons. The lowest BCUT2D eigenvalue weighted by atomic mass is 9.96. The molecule has 9 N–H and O–H groups in total. The summed E-state index contributed by atoms with van der Waals surface area (Å²) < 4.78 is 0. The zero-order valence-corrected chi connectivity index (χ0v) is 19.0. The van der Waals surface area contributed by atoms with Gasteiger partial charge in [-0.25, -0.2) is 0 Å². The van der Waals surface area contributed by atoms with Gasteiger partial charge in [-0.1, -0.05) is 34.1 Å². The summed E-state index contributed by atoms with van der Waals surface area (Å²) in [5, 5.41) is 7.89. The summed E-state index contributed by atoms with van der Waals surface area (Å²) >= 11 is 0. The molecule has 0 saturated heterocycles. The van der Waals surface area contributed by atoms with Gasteiger partial charge in [-0.15, -0.1) is 0 Å². The summed E-state index contributed by atoms with van der Waals surface area (Å²) in [5.74, 6) is -1.46. The van der Waals surface area contributed by atoms with E-state index in [4.69, 9.17) is 17.2 Å². The molecular weight excluding hydrogens is 402 g/mol. The van der Waals surface area contributed by atoms with Crippen molar-refractivity contribution in [3.8, 4) is 0 Å². The quantitative estimate of drug-likeness (QED) is 0.0789. The minimum atomic E-state index is -0.852. The highest BCUT2D eigenvalue weighted by Gasteiger charge is 2.31. The maximum atomic E-state index is 12.9. The molecule has 11 nitrogen and oxygen atoms in total. The maximum absolute atomic E-state index is 12.9. The minimum Gasteiger partial charge on any atom is -0.370 e. The second kappa shape index (κ2) is 15.2. The van der Waals surface area contributed by atoms with Gasteiger partial charge in [-0.2, -0.15) is 0 Å². The molecule has 0 saturated carbocycles. The van der Waals surface area contributed by atoms with E-state index < -0.39 is 35.8 Å². The predicted octanol–water partition coefficient (Wildman–Crippen LogP) is -1.26. The number of rotatable bonds is 15. The molecule has 0 unspecified atom stereocenters. The summed E-state index contributed by atoms with van der Waals surface area (Å²) in [6.45, 7) is 7.78. The Morgan fingerprint density at radius 3 is 2.19 bits per heavy atom. The summed E-state index contributed by atoms with van der Waals surface area (Å²) in [5.41, 5.74) is 16.5. The van der Waals surface area contributed by atoms with Crippen LogP contribution < -0.4 is 33.2 Å². The average molecular weight is 442 g/mol. The third kappa shape index (κ3) is 11.9. The molecule has 0 bridgehead atoms. The van der Waals surface area contributed by atoms with Gasteiger partial charge in [0.25, 0.3) is 0 Å². The SMILES string of the molecule is CC[C@H](C)[C@H](NC(=O)[C@@H](N)CCCN=C(N)N)C(=O)N[C@@H](CC(C)C)C(=O)NCC=O. The van der Waals surface area contributed by atoms with Crippen LogP contribution in [0.5, 0.6) is 0 Å². The fraction of sp³-hybridized carbons (Fsp3) is 0.750. The van der Waals surface area contributed by atoms with Gasteiger partial charge in [0.15, 0.2) is 5.96 Å². The van der Waals surface area contributed by atoms with E-state index in [0.717, 1.165) is 0 Å². The lowest BCUT2D eigenvalue weighted by molar-refractivity contribution is -0.133. The van der Waals surface area contributed by atoms with Crippen LogP contribution in [0.15, 0.2) is 4.99 Å². The topological polar surface area (TPSA) is 195 Å². The van der Waals surface area contributed by atoms with E-state index in [-0.39, 0.29) is 24.3 Å². The number of nitrogens with two attached hydrogens (primary N) is 3. The molecule has 31 heavy (non-hydrogen) atoms. The van der Waals surface area contributed by atoms with Crippen LogP contribution in [0.4, 0.5) is 0 Å². The first-order valence-corrected chi connectivity index (χ1v) is 10.7. The minimum absolute atomic E-state index is 0.0281. The van der Waals surface area contributed by atoms with E-state index >= 15 is 0 Å². The van der Waals surface area contributed by atoms with Crippen molar-refractivity contribution in [3.05, 3.63) is 0 Å². The molecular formula is C20H39N7O4. The fourth-order valence-electron chi connectivity index (χ4n) is 2.84. The van der Waals surface area contributed by atoms with Crippen LogP contribution >= 0.6 is 0 Å². The lowest BCUT2D eigenvalue weighted by Gasteiger charge is -2.28. The van der Waals surface area contributed by atoms with Crippen molar-refractivity contribution >= 4 is 30.0 Å². The highest BCUT2D eigenvalue weighted by atomic mass is 16.2. The van der Waals surface area contributed by atoms with Crippen LogP contribution in [0.3, 0.4) is 0 Å². The van der Waals surface area contributed by atoms with E-state index in [0.29, 0.717) is 38.5 Å². The summed E-state index contributed by atoms with van der Waals surface area (Å²) in [4.78, 5) is 52.2. The Bertz CT molecular complexity index is 621. The summed E-state index contributed by atoms with van der Waals surface area (Å²) in [6, 6.07) is -2.49. The second-order valence-electron chi connectivity index (χ2n) is 8.03. The number of carbonyl (C=O) groups is 4. The van der Waals surface area contributed by atoms with Gasteiger partial charge in [0.05, 0.1) is 12.6 Å². The standard InChI is InChI=1S/C20H39N7O4/c1-5-13(4)16(27-17(29)14(21)7-6-8-25-20(22)23)19(31)26-15(11-12(2)3)18(30)24-9-10-28/h10,12-16H,5-9,11,21H2,1-4H3,(H,24,30)(H,26,31)(H,27,29)(H4,22,23,25)/t13-,14-,15-,16-/m0/s1. The van der Waals surface area contributed by atoms with Crippen molar-refractivity contribution in [1.29, 1.82) is 0 Å². The number of aliphatic imine (C=N–C) groups is 1. The van der Waals surface area contributed by atoms with E-state index in [1.54, 1.807) is 0 Å². The molecule has 4 atom stereocenters. The molecule has 0 aliphatic heterocycles. The van der Waals surface area contributed by atoms with E-state index in [9.17, 15) is 19.2 Å². The van der Waals surface area contributed by atoms with Gasteiger partial charge in [0.2, 0.25) is 17.7 Å². The molecule has 3 amide bonds. The molecule has 0 spiro atoms. The van der Waals surface area contributed by atoms with Crippen LogP contribution in [-0.4, -0.2) is 61.2 Å². The highest BCUT2D eigenvalue weighted by molar-refractivity contribution is 5.93. The Morgan fingerprint density at radius 1 is 1.03 bits per heavy atom. The van der Waals surface area contributed by atoms with Gasteiger partial charge in [-0.3, -0.25) is 19.4 Å². The normalized spacial score (nSPS) is 14.6. The van der Waals surface area contributed by atoms with Gasteiger partial charge in [0, 0.05) is 6.54 Å². The summed E-state index contributed by atoms with van der Waals surface area (Å²) in [7, 11) is 0. The Labute approximate surface area is 184 Å². The molecule has 11 heteroatoms. The molecule has 0 aliphatic carbocycles. The average Bonchev–Trinajstić information content (AvgIpc) is 2.71. The molecule has 0 heterocycles. The zero-order chi connectivity index (χ0) is 24.0. The van der Waals surface area contributed by atoms with Crippen molar-refractivity contribution in [2.45, 2.75) is 71.5 Å². The number of carbonyl (C=O) groups excluding carboxylic acids is 4. The van der Waals surface area contributed by atoms with Crippen LogP contribution in [0.25, 0.3) is 0 Å². The second-order valence-corrected chi connectivity index (χ2v) is 8.03. The summed E-state index contributed by atoms with van der Waals surface area (Å²) in [6.07, 6.45) is 2.46. The maximum Gasteiger partial charge on any atom is 0.243 e. The zero-order valence-electron chi connectivity index (χ0n) is 19.0. The van der Waals surface area contributed by atoms with Crippen molar-refractivity contribution in [3.63, 3.8) is 0 Å². The molecule has 0 aromatic heterocycles. The van der Waals surface area contributed by atoms with Gasteiger partial charge in [0.1, 0.15) is 18.4 Å². The number of guanidine groups is 1. The van der Waals surface area contributed by atoms with Crippen molar-refractivity contribution < 1.29 is 19.2 Å². The van der Waals surface area contributed by atoms with Gasteiger partial charge >= 0.3 is 0 Å². The molecule has 0 rings (SSSR count). The number of nitrogens with one attached hydrogen (secondary N) is 3. The van der Waals surface area contributed by atoms with Gasteiger partial charge in [-0.05, 0) is 31.1 Å². The number of nitrogens with zero attached hydrogens (tertiary/aromatic N) is 1. The number of hydrogen-bond acceptors (Lipinski definition) is 6. The van der Waals surface area contributed by atoms with Crippen LogP contribution in [0, 0.1) is 11.8 Å². The molecule has 178 valence electrons. The van der Waals surface area contributed by atoms with Gasteiger partial charge < -0.3 is 37.9 Å². The monoisotopic (exact) mass is 441 g/mol. The van der Waals surface area contributed by atoms with Crippen molar-refractivity contribution in [2.24, 2.45) is 34.0 Å². The predicted molar refractivity (Wildman–Crippen MR) is 120 cm³/mol. The fourth-order valence-corrected chi connectivity index (χ4v) is 2.84. The number of aldehydes is 1. The molecule has 0 aromatic carbocycles. The van der Waals surface area contributed by atoms with Crippen LogP contribution in [0.1, 0.15) is 53.4 Å². The van der Waals surface area contributed by atoms with E-state index in [2.05, 4.69) is 20.9 Å². The third-order valence-electron chi connectivity index (χ3n) is 4.80. The van der Waals surface area contributed by atoms with Crippen LogP contribution in [0.2, 0.25) is 0 Å². The molecule has 0 aliphatic rings. The third-order valence-corrected chi connectivity index (χ3v) is 4.80. The van der Waals surface area contributed by atoms with Crippen molar-refractivity contribution in [2.75, 3.05) is 13.1 Å². The largest absolute Gasteiger partial charge is 0.370 e. The number of hydrogen-bond donors (Lipinski definition) is 6. The highest BCUT2D eigenvalue weighted by Crippen LogP contribution is 2.11. The molecule has 0 fully saturated rings. The molecule has 0 aromatic rings. The number of amides is 3. The Balaban J connectivity index is 5.15. The first-order valence-electron chi connectivity index (χ1n) is 10.7. The Hall–Kier alpha value is -2.69. The van der Waals surface area contributed by atoms with Crippen molar-refractivity contribution in [1.82, 2.24) is 16.0 Å². The first kappa shape index (κ1) is 28.3. The Kier molecular flexibility index (Phi) is 13.8. The Morgan fingerprint density at radius 2 is 1.68 bits per heavy atom. The van der Waals surface area contributed by atoms with E-state index in [1.807, 2.05) is 27.7 Å².